The molecule has 6 heteroatoms. The van der Waals surface area contributed by atoms with Crippen LogP contribution in [0.4, 0.5) is 5.82 Å². The molecule has 1 fully saturated rings. The van der Waals surface area contributed by atoms with Gasteiger partial charge in [0, 0.05) is 24.8 Å². The molecule has 2 aromatic rings. The number of H-pyrrole nitrogens is 1. The molecule has 3 heterocycles. The van der Waals surface area contributed by atoms with Crippen molar-refractivity contribution < 1.29 is 0 Å². The summed E-state index contributed by atoms with van der Waals surface area (Å²) in [5, 5.41) is 15.3. The number of pyridine rings is 1. The van der Waals surface area contributed by atoms with E-state index in [0.717, 1.165) is 36.2 Å². The molecule has 1 atom stereocenters. The summed E-state index contributed by atoms with van der Waals surface area (Å²) in [5.41, 5.74) is 0.911. The average molecular weight is 238 g/mol. The number of rotatable bonds is 2. The Kier molecular flexibility index (Phi) is 2.41. The lowest BCUT2D eigenvalue weighted by atomic mass is 10.2. The zero-order valence-corrected chi connectivity index (χ0v) is 9.38. The van der Waals surface area contributed by atoms with E-state index in [1.807, 2.05) is 0 Å². The van der Waals surface area contributed by atoms with Crippen LogP contribution in [0.2, 0.25) is 5.15 Å². The predicted octanol–water partition coefficient (Wildman–Crippen LogP) is 1.39. The Labute approximate surface area is 97.6 Å². The SMILES string of the molecule is Clc1cc2[nH]nc(NC3CCNC3)c2cn1. The molecule has 2 aromatic heterocycles. The van der Waals surface area contributed by atoms with Crippen molar-refractivity contribution in [3.8, 4) is 0 Å². The molecule has 84 valence electrons. The molecule has 0 radical (unpaired) electrons. The third-order valence-electron chi connectivity index (χ3n) is 2.82. The molecule has 0 spiro atoms. The number of nitrogens with zero attached hydrogens (tertiary/aromatic N) is 2. The number of anilines is 1. The Balaban J connectivity index is 1.91. The highest BCUT2D eigenvalue weighted by Crippen LogP contribution is 2.22. The van der Waals surface area contributed by atoms with Gasteiger partial charge in [0.15, 0.2) is 5.82 Å². The zero-order valence-electron chi connectivity index (χ0n) is 8.63. The minimum absolute atomic E-state index is 0.446. The molecule has 0 aromatic carbocycles. The average Bonchev–Trinajstić information content (AvgIpc) is 2.89. The number of fused-ring (bicyclic) bond motifs is 1. The van der Waals surface area contributed by atoms with Gasteiger partial charge in [-0.25, -0.2) is 4.98 Å². The lowest BCUT2D eigenvalue weighted by molar-refractivity contribution is 0.787. The van der Waals surface area contributed by atoms with Crippen molar-refractivity contribution in [3.05, 3.63) is 17.4 Å². The first-order valence-electron chi connectivity index (χ1n) is 5.30. The van der Waals surface area contributed by atoms with Crippen LogP contribution in [0.1, 0.15) is 6.42 Å². The molecule has 0 saturated carbocycles. The van der Waals surface area contributed by atoms with Gasteiger partial charge < -0.3 is 10.6 Å². The van der Waals surface area contributed by atoms with E-state index in [-0.39, 0.29) is 0 Å². The summed E-state index contributed by atoms with van der Waals surface area (Å²) >= 11 is 5.81. The lowest BCUT2D eigenvalue weighted by Gasteiger charge is -2.09. The van der Waals surface area contributed by atoms with E-state index in [0.29, 0.717) is 11.2 Å². The van der Waals surface area contributed by atoms with Gasteiger partial charge in [0.05, 0.1) is 10.9 Å². The van der Waals surface area contributed by atoms with E-state index in [1.54, 1.807) is 12.3 Å². The molecule has 0 amide bonds. The highest BCUT2D eigenvalue weighted by Gasteiger charge is 2.16. The van der Waals surface area contributed by atoms with Gasteiger partial charge in [-0.15, -0.1) is 0 Å². The van der Waals surface area contributed by atoms with Crippen LogP contribution in [0.25, 0.3) is 10.9 Å². The number of aromatic amines is 1. The van der Waals surface area contributed by atoms with E-state index < -0.39 is 0 Å². The number of nitrogens with one attached hydrogen (secondary N) is 3. The number of hydrogen-bond donors (Lipinski definition) is 3. The van der Waals surface area contributed by atoms with E-state index in [4.69, 9.17) is 11.6 Å². The third-order valence-corrected chi connectivity index (χ3v) is 3.02. The van der Waals surface area contributed by atoms with Crippen molar-refractivity contribution in [1.29, 1.82) is 0 Å². The van der Waals surface area contributed by atoms with Crippen molar-refractivity contribution in [2.45, 2.75) is 12.5 Å². The fourth-order valence-electron chi connectivity index (χ4n) is 1.97. The fourth-order valence-corrected chi connectivity index (χ4v) is 2.13. The van der Waals surface area contributed by atoms with E-state index in [1.165, 1.54) is 0 Å². The summed E-state index contributed by atoms with van der Waals surface area (Å²) < 4.78 is 0. The smallest absolute Gasteiger partial charge is 0.157 e. The molecule has 1 aliphatic heterocycles. The van der Waals surface area contributed by atoms with Crippen LogP contribution in [0.5, 0.6) is 0 Å². The normalized spacial score (nSPS) is 20.4. The van der Waals surface area contributed by atoms with Crippen molar-refractivity contribution >= 4 is 28.3 Å². The Morgan fingerprint density at radius 2 is 2.44 bits per heavy atom. The molecule has 5 nitrogen and oxygen atoms in total. The molecule has 1 saturated heterocycles. The van der Waals surface area contributed by atoms with E-state index in [2.05, 4.69) is 25.8 Å². The molecular weight excluding hydrogens is 226 g/mol. The quantitative estimate of drug-likeness (QED) is 0.691. The third kappa shape index (κ3) is 1.72. The Bertz CT molecular complexity index is 503. The van der Waals surface area contributed by atoms with Crippen LogP contribution >= 0.6 is 11.6 Å². The number of aromatic nitrogens is 3. The van der Waals surface area contributed by atoms with Crippen LogP contribution in [-0.2, 0) is 0 Å². The van der Waals surface area contributed by atoms with Crippen molar-refractivity contribution in [1.82, 2.24) is 20.5 Å². The summed E-state index contributed by atoms with van der Waals surface area (Å²) in [6.07, 6.45) is 2.86. The van der Waals surface area contributed by atoms with Crippen molar-refractivity contribution in [3.63, 3.8) is 0 Å². The fraction of sp³-hybridized carbons (Fsp3) is 0.400. The van der Waals surface area contributed by atoms with Crippen LogP contribution in [0.15, 0.2) is 12.3 Å². The van der Waals surface area contributed by atoms with Crippen molar-refractivity contribution in [2.24, 2.45) is 0 Å². The minimum atomic E-state index is 0.446. The number of hydrogen-bond acceptors (Lipinski definition) is 4. The molecule has 1 aliphatic rings. The van der Waals surface area contributed by atoms with Gasteiger partial charge in [-0.2, -0.15) is 5.10 Å². The second kappa shape index (κ2) is 3.92. The first kappa shape index (κ1) is 9.86. The molecule has 0 bridgehead atoms. The second-order valence-corrected chi connectivity index (χ2v) is 4.35. The zero-order chi connectivity index (χ0) is 11.0. The van der Waals surface area contributed by atoms with Crippen molar-refractivity contribution in [2.75, 3.05) is 18.4 Å². The monoisotopic (exact) mass is 237 g/mol. The van der Waals surface area contributed by atoms with Gasteiger partial charge in [-0.1, -0.05) is 11.6 Å². The van der Waals surface area contributed by atoms with Crippen LogP contribution < -0.4 is 10.6 Å². The van der Waals surface area contributed by atoms with Crippen LogP contribution in [0.3, 0.4) is 0 Å². The molecule has 0 aliphatic carbocycles. The second-order valence-electron chi connectivity index (χ2n) is 3.96. The summed E-state index contributed by atoms with van der Waals surface area (Å²) in [5.74, 6) is 0.855. The highest BCUT2D eigenvalue weighted by atomic mass is 35.5. The Morgan fingerprint density at radius 1 is 1.50 bits per heavy atom. The summed E-state index contributed by atoms with van der Waals surface area (Å²) in [4.78, 5) is 4.06. The maximum absolute atomic E-state index is 5.81. The van der Waals surface area contributed by atoms with Crippen LogP contribution in [-0.4, -0.2) is 34.3 Å². The summed E-state index contributed by atoms with van der Waals surface area (Å²) in [6, 6.07) is 2.23. The van der Waals surface area contributed by atoms with Gasteiger partial charge in [0.25, 0.3) is 0 Å². The topological polar surface area (TPSA) is 65.6 Å². The largest absolute Gasteiger partial charge is 0.364 e. The predicted molar refractivity (Wildman–Crippen MR) is 63.8 cm³/mol. The Morgan fingerprint density at radius 3 is 3.25 bits per heavy atom. The maximum Gasteiger partial charge on any atom is 0.157 e. The highest BCUT2D eigenvalue weighted by molar-refractivity contribution is 6.30. The lowest BCUT2D eigenvalue weighted by Crippen LogP contribution is -2.22. The number of halogens is 1. The standard InChI is InChI=1S/C10H12ClN5/c11-9-3-8-7(5-13-9)10(16-15-8)14-6-1-2-12-4-6/h3,5-6,12H,1-2,4H2,(H2,14,15,16). The van der Waals surface area contributed by atoms with E-state index >= 15 is 0 Å². The Hall–Kier alpha value is -1.33. The van der Waals surface area contributed by atoms with Crippen LogP contribution in [0, 0.1) is 0 Å². The van der Waals surface area contributed by atoms with Gasteiger partial charge in [0.2, 0.25) is 0 Å². The molecule has 3 N–H and O–H groups in total. The minimum Gasteiger partial charge on any atom is -0.364 e. The van der Waals surface area contributed by atoms with Gasteiger partial charge in [-0.3, -0.25) is 5.10 Å². The molecule has 16 heavy (non-hydrogen) atoms. The summed E-state index contributed by atoms with van der Waals surface area (Å²) in [7, 11) is 0. The maximum atomic E-state index is 5.81. The van der Waals surface area contributed by atoms with Gasteiger partial charge in [-0.05, 0) is 13.0 Å². The molecular formula is C10H12ClN5. The first-order chi connectivity index (χ1) is 7.83. The van der Waals surface area contributed by atoms with Gasteiger partial charge in [0.1, 0.15) is 5.15 Å². The first-order valence-corrected chi connectivity index (χ1v) is 5.67. The molecule has 1 unspecified atom stereocenters. The van der Waals surface area contributed by atoms with E-state index in [9.17, 15) is 0 Å². The van der Waals surface area contributed by atoms with Gasteiger partial charge >= 0.3 is 0 Å². The molecule has 3 rings (SSSR count). The summed E-state index contributed by atoms with van der Waals surface area (Å²) in [6.45, 7) is 2.04.